The van der Waals surface area contributed by atoms with E-state index in [1.54, 1.807) is 50.5 Å². The van der Waals surface area contributed by atoms with Crippen LogP contribution in [0.1, 0.15) is 41.4 Å². The molecule has 212 valence electrons. The first-order valence-corrected chi connectivity index (χ1v) is 14.5. The maximum atomic E-state index is 13.9. The molecule has 0 N–H and O–H groups in total. The maximum Gasteiger partial charge on any atom is 0.170 e. The third-order valence-electron chi connectivity index (χ3n) is 6.47. The predicted molar refractivity (Wildman–Crippen MR) is 150 cm³/mol. The lowest BCUT2D eigenvalue weighted by atomic mass is 10.1. The number of ether oxygens (including phenoxy) is 3. The average molecular weight is 567 g/mol. The highest BCUT2D eigenvalue weighted by Crippen LogP contribution is 2.33. The van der Waals surface area contributed by atoms with Gasteiger partial charge < -0.3 is 14.2 Å². The van der Waals surface area contributed by atoms with Crippen LogP contribution in [0.5, 0.6) is 5.75 Å². The van der Waals surface area contributed by atoms with Gasteiger partial charge in [0.25, 0.3) is 0 Å². The van der Waals surface area contributed by atoms with Gasteiger partial charge in [-0.1, -0.05) is 12.1 Å². The normalized spacial score (nSPS) is 13.2. The van der Waals surface area contributed by atoms with Gasteiger partial charge in [0.1, 0.15) is 17.6 Å². The van der Waals surface area contributed by atoms with Crippen LogP contribution in [0.25, 0.3) is 17.1 Å². The van der Waals surface area contributed by atoms with Gasteiger partial charge in [-0.25, -0.2) is 18.4 Å². The molecule has 0 fully saturated rings. The number of hydrogen-bond donors (Lipinski definition) is 0. The number of methoxy groups -OCH3 is 2. The van der Waals surface area contributed by atoms with Gasteiger partial charge in [-0.05, 0) is 56.5 Å². The molecule has 0 amide bonds. The van der Waals surface area contributed by atoms with E-state index in [1.807, 2.05) is 45.0 Å². The third-order valence-corrected chi connectivity index (χ3v) is 8.51. The van der Waals surface area contributed by atoms with Crippen LogP contribution in [0.2, 0.25) is 0 Å². The molecule has 0 spiro atoms. The zero-order valence-corrected chi connectivity index (χ0v) is 24.3. The average Bonchev–Trinajstić information content (AvgIpc) is 3.33. The second-order valence-electron chi connectivity index (χ2n) is 9.57. The largest absolute Gasteiger partial charge is 0.495 e. The van der Waals surface area contributed by atoms with Gasteiger partial charge in [0, 0.05) is 37.5 Å². The number of benzene rings is 1. The fraction of sp³-hybridized carbons (Fsp3) is 0.393. The summed E-state index contributed by atoms with van der Waals surface area (Å²) in [5.74, 6) is 1.12. The summed E-state index contributed by atoms with van der Waals surface area (Å²) in [4.78, 5) is 13.0. The molecule has 3 heterocycles. The summed E-state index contributed by atoms with van der Waals surface area (Å²) in [6, 6.07) is 7.53. The summed E-state index contributed by atoms with van der Waals surface area (Å²) >= 11 is 0. The number of nitrogens with zero attached hydrogens (tertiary/aromatic N) is 6. The van der Waals surface area contributed by atoms with E-state index >= 15 is 0 Å². The summed E-state index contributed by atoms with van der Waals surface area (Å²) in [5.41, 5.74) is 4.00. The molecule has 0 bridgehead atoms. The number of pyridine rings is 1. The smallest absolute Gasteiger partial charge is 0.170 e. The lowest BCUT2D eigenvalue weighted by Gasteiger charge is -2.23. The lowest BCUT2D eigenvalue weighted by molar-refractivity contribution is 0.0118. The van der Waals surface area contributed by atoms with E-state index in [9.17, 15) is 8.42 Å². The van der Waals surface area contributed by atoms with Crippen LogP contribution in [0.4, 0.5) is 0 Å². The zero-order chi connectivity index (χ0) is 28.9. The molecule has 0 saturated carbocycles. The first-order valence-electron chi connectivity index (χ1n) is 12.8. The highest BCUT2D eigenvalue weighted by Gasteiger charge is 2.35. The van der Waals surface area contributed by atoms with Crippen LogP contribution in [0, 0.1) is 20.8 Å². The Balaban J connectivity index is 1.80. The minimum absolute atomic E-state index is 0.180. The fourth-order valence-electron chi connectivity index (χ4n) is 4.32. The minimum Gasteiger partial charge on any atom is -0.495 e. The molecule has 0 radical (unpaired) electrons. The molecule has 40 heavy (non-hydrogen) atoms. The number of para-hydroxylation sites is 1. The number of rotatable bonds is 12. The van der Waals surface area contributed by atoms with Crippen molar-refractivity contribution in [1.82, 2.24) is 29.7 Å². The monoisotopic (exact) mass is 566 g/mol. The Morgan fingerprint density at radius 3 is 2.38 bits per heavy atom. The summed E-state index contributed by atoms with van der Waals surface area (Å²) in [6.07, 6.45) is 5.77. The molecule has 2 atom stereocenters. The highest BCUT2D eigenvalue weighted by molar-refractivity contribution is 7.91. The van der Waals surface area contributed by atoms with Crippen LogP contribution in [0.15, 0.2) is 49.1 Å². The number of aromatic nitrogens is 6. The van der Waals surface area contributed by atoms with Crippen molar-refractivity contribution in [2.24, 2.45) is 0 Å². The van der Waals surface area contributed by atoms with E-state index in [-0.39, 0.29) is 18.3 Å². The van der Waals surface area contributed by atoms with Crippen molar-refractivity contribution >= 4 is 9.84 Å². The topological polar surface area (TPSA) is 131 Å². The van der Waals surface area contributed by atoms with Crippen molar-refractivity contribution in [3.8, 4) is 22.8 Å². The molecular formula is C28H34N6O5S. The maximum absolute atomic E-state index is 13.9. The first kappa shape index (κ1) is 29.2. The van der Waals surface area contributed by atoms with Gasteiger partial charge in [-0.15, -0.1) is 10.2 Å². The van der Waals surface area contributed by atoms with Crippen molar-refractivity contribution in [3.63, 3.8) is 0 Å². The van der Waals surface area contributed by atoms with E-state index in [4.69, 9.17) is 14.2 Å². The molecule has 3 aromatic heterocycles. The van der Waals surface area contributed by atoms with Crippen molar-refractivity contribution in [3.05, 3.63) is 77.4 Å². The van der Waals surface area contributed by atoms with E-state index in [1.165, 1.54) is 0 Å². The SMILES string of the molecule is COCCO[C@@H](c1ncc(C)cn1)[C@H](C)S(=O)(=O)Cc1nnc(-c2cncc(C)c2)n1-c1c(C)cccc1OC. The van der Waals surface area contributed by atoms with Crippen molar-refractivity contribution in [2.45, 2.75) is 44.8 Å². The second-order valence-corrected chi connectivity index (χ2v) is 11.9. The Kier molecular flexibility index (Phi) is 9.23. The summed E-state index contributed by atoms with van der Waals surface area (Å²) < 4.78 is 46.4. The molecule has 12 heteroatoms. The van der Waals surface area contributed by atoms with Crippen LogP contribution < -0.4 is 4.74 Å². The standard InChI is InChI=1S/C28H34N6O5S/c1-18-12-22(16-29-13-18)28-33-32-24(34(28)25-20(3)8-7-9-23(25)38-6)17-40(35,36)21(4)26(39-11-10-37-5)27-30-14-19(2)15-31-27/h7-9,12-16,21,26H,10-11,17H2,1-6H3/t21-,26+/m0/s1. The van der Waals surface area contributed by atoms with E-state index < -0.39 is 26.9 Å². The van der Waals surface area contributed by atoms with E-state index in [0.29, 0.717) is 29.4 Å². The van der Waals surface area contributed by atoms with Gasteiger partial charge in [-0.3, -0.25) is 9.55 Å². The molecule has 0 aliphatic carbocycles. The minimum atomic E-state index is -3.87. The molecule has 4 rings (SSSR count). The Morgan fingerprint density at radius 2 is 1.70 bits per heavy atom. The Bertz CT molecular complexity index is 1560. The van der Waals surface area contributed by atoms with Gasteiger partial charge in [-0.2, -0.15) is 0 Å². The molecule has 11 nitrogen and oxygen atoms in total. The lowest BCUT2D eigenvalue weighted by Crippen LogP contribution is -2.31. The van der Waals surface area contributed by atoms with Gasteiger partial charge in [0.05, 0.1) is 31.3 Å². The summed E-state index contributed by atoms with van der Waals surface area (Å²) in [5, 5.41) is 7.78. The first-order chi connectivity index (χ1) is 19.2. The number of aryl methyl sites for hydroxylation is 3. The molecule has 0 aliphatic rings. The molecule has 4 aromatic rings. The van der Waals surface area contributed by atoms with Gasteiger partial charge in [0.2, 0.25) is 0 Å². The van der Waals surface area contributed by atoms with Gasteiger partial charge >= 0.3 is 0 Å². The zero-order valence-electron chi connectivity index (χ0n) is 23.5. The Morgan fingerprint density at radius 1 is 0.950 bits per heavy atom. The second kappa shape index (κ2) is 12.6. The number of sulfone groups is 1. The van der Waals surface area contributed by atoms with Crippen molar-refractivity contribution < 1.29 is 22.6 Å². The quantitative estimate of drug-likeness (QED) is 0.234. The Labute approximate surface area is 234 Å². The molecule has 0 saturated heterocycles. The van der Waals surface area contributed by atoms with E-state index in [2.05, 4.69) is 25.1 Å². The van der Waals surface area contributed by atoms with Crippen LogP contribution in [0.3, 0.4) is 0 Å². The predicted octanol–water partition coefficient (Wildman–Crippen LogP) is 3.76. The Hall–Kier alpha value is -3.74. The fourth-order valence-corrected chi connectivity index (χ4v) is 5.71. The summed E-state index contributed by atoms with van der Waals surface area (Å²) in [6.45, 7) is 7.78. The third kappa shape index (κ3) is 6.35. The van der Waals surface area contributed by atoms with Crippen LogP contribution >= 0.6 is 0 Å². The molecule has 1 aromatic carbocycles. The van der Waals surface area contributed by atoms with Crippen LogP contribution in [-0.2, 0) is 25.1 Å². The number of hydrogen-bond acceptors (Lipinski definition) is 10. The van der Waals surface area contributed by atoms with Crippen molar-refractivity contribution in [2.75, 3.05) is 27.4 Å². The molecule has 0 aliphatic heterocycles. The van der Waals surface area contributed by atoms with Gasteiger partial charge in [0.15, 0.2) is 27.3 Å². The van der Waals surface area contributed by atoms with E-state index in [0.717, 1.165) is 16.7 Å². The van der Waals surface area contributed by atoms with Crippen LogP contribution in [-0.4, -0.2) is 70.8 Å². The summed E-state index contributed by atoms with van der Waals surface area (Å²) in [7, 11) is -0.755. The molecule has 0 unspecified atom stereocenters. The van der Waals surface area contributed by atoms with Crippen molar-refractivity contribution in [1.29, 1.82) is 0 Å². The highest BCUT2D eigenvalue weighted by atomic mass is 32.2. The molecular weight excluding hydrogens is 532 g/mol.